The van der Waals surface area contributed by atoms with Crippen molar-refractivity contribution in [2.75, 3.05) is 14.2 Å². The van der Waals surface area contributed by atoms with Crippen molar-refractivity contribution in [2.24, 2.45) is 0 Å². The number of benzene rings is 1. The molecule has 1 aliphatic carbocycles. The first kappa shape index (κ1) is 24.7. The summed E-state index contributed by atoms with van der Waals surface area (Å²) < 4.78 is 5.60. The molecule has 1 aliphatic rings. The second kappa shape index (κ2) is 11.6. The van der Waals surface area contributed by atoms with Gasteiger partial charge in [0.25, 0.3) is 0 Å². The van der Waals surface area contributed by atoms with Crippen molar-refractivity contribution < 1.29 is 4.74 Å². The third-order valence-corrected chi connectivity index (χ3v) is 5.41. The van der Waals surface area contributed by atoms with Crippen LogP contribution in [0.25, 0.3) is 11.1 Å². The third-order valence-electron chi connectivity index (χ3n) is 5.41. The van der Waals surface area contributed by atoms with E-state index in [0.717, 1.165) is 23.7 Å². The van der Waals surface area contributed by atoms with E-state index in [1.54, 1.807) is 7.11 Å². The number of pyridine rings is 1. The minimum absolute atomic E-state index is 0. The fraction of sp³-hybridized carbons (Fsp3) is 0.500. The van der Waals surface area contributed by atoms with Gasteiger partial charge in [-0.2, -0.15) is 0 Å². The topological polar surface area (TPSA) is 46.2 Å². The van der Waals surface area contributed by atoms with Crippen LogP contribution in [0.5, 0.6) is 5.75 Å². The van der Waals surface area contributed by atoms with Gasteiger partial charge >= 0.3 is 0 Å². The van der Waals surface area contributed by atoms with Gasteiger partial charge in [-0.3, -0.25) is 4.98 Å². The molecule has 3 rings (SSSR count). The van der Waals surface area contributed by atoms with Crippen LogP contribution in [0, 0.1) is 13.8 Å². The van der Waals surface area contributed by atoms with Crippen molar-refractivity contribution in [3.63, 3.8) is 0 Å². The Bertz CT molecular complexity index is 726. The summed E-state index contributed by atoms with van der Waals surface area (Å²) in [6.45, 7) is 4.93. The zero-order valence-electron chi connectivity index (χ0n) is 17.2. The fourth-order valence-corrected chi connectivity index (χ4v) is 3.94. The summed E-state index contributed by atoms with van der Waals surface area (Å²) in [7, 11) is 3.81. The van der Waals surface area contributed by atoms with Crippen LogP contribution >= 0.6 is 24.8 Å². The zero-order valence-corrected chi connectivity index (χ0v) is 18.9. The van der Waals surface area contributed by atoms with E-state index in [1.165, 1.54) is 42.4 Å². The van der Waals surface area contributed by atoms with Crippen LogP contribution in [0.4, 0.5) is 0 Å². The van der Waals surface area contributed by atoms with Crippen LogP contribution in [-0.4, -0.2) is 31.2 Å². The van der Waals surface area contributed by atoms with E-state index in [4.69, 9.17) is 4.74 Å². The third kappa shape index (κ3) is 6.35. The van der Waals surface area contributed by atoms with E-state index in [1.807, 2.05) is 13.8 Å². The lowest BCUT2D eigenvalue weighted by atomic mass is 9.91. The summed E-state index contributed by atoms with van der Waals surface area (Å²) in [4.78, 5) is 4.48. The number of ether oxygens (including phenoxy) is 1. The van der Waals surface area contributed by atoms with E-state index in [0.29, 0.717) is 12.1 Å². The van der Waals surface area contributed by atoms with Gasteiger partial charge in [-0.25, -0.2) is 0 Å². The molecule has 0 unspecified atom stereocenters. The van der Waals surface area contributed by atoms with Crippen molar-refractivity contribution in [3.05, 3.63) is 47.3 Å². The van der Waals surface area contributed by atoms with E-state index in [9.17, 15) is 0 Å². The number of rotatable bonds is 6. The average Bonchev–Trinajstić information content (AvgIpc) is 2.65. The maximum Gasteiger partial charge on any atom is 0.123 e. The summed E-state index contributed by atoms with van der Waals surface area (Å²) in [5, 5.41) is 7.14. The number of methoxy groups -OCH3 is 1. The predicted octanol–water partition coefficient (Wildman–Crippen LogP) is 4.84. The molecule has 2 aromatic rings. The molecule has 1 aromatic heterocycles. The average molecular weight is 426 g/mol. The van der Waals surface area contributed by atoms with Gasteiger partial charge in [0.05, 0.1) is 7.11 Å². The van der Waals surface area contributed by atoms with E-state index < -0.39 is 0 Å². The van der Waals surface area contributed by atoms with Crippen molar-refractivity contribution in [3.8, 4) is 16.9 Å². The Hall–Kier alpha value is -1.33. The fourth-order valence-electron chi connectivity index (χ4n) is 3.94. The second-order valence-electron chi connectivity index (χ2n) is 7.38. The Labute approximate surface area is 181 Å². The van der Waals surface area contributed by atoms with Gasteiger partial charge in [-0.15, -0.1) is 24.8 Å². The lowest BCUT2D eigenvalue weighted by Gasteiger charge is -2.29. The Morgan fingerprint density at radius 2 is 1.54 bits per heavy atom. The molecule has 0 radical (unpaired) electrons. The molecule has 1 saturated carbocycles. The van der Waals surface area contributed by atoms with Crippen LogP contribution in [0.1, 0.15) is 42.6 Å². The molecule has 1 aromatic carbocycles. The highest BCUT2D eigenvalue weighted by atomic mass is 35.5. The summed E-state index contributed by atoms with van der Waals surface area (Å²) in [6, 6.07) is 12.0. The summed E-state index contributed by atoms with van der Waals surface area (Å²) in [5.41, 5.74) is 5.75. The second-order valence-corrected chi connectivity index (χ2v) is 7.38. The van der Waals surface area contributed by atoms with Crippen LogP contribution < -0.4 is 15.4 Å². The van der Waals surface area contributed by atoms with Gasteiger partial charge in [-0.05, 0) is 82.0 Å². The highest BCUT2D eigenvalue weighted by Crippen LogP contribution is 2.28. The van der Waals surface area contributed by atoms with Gasteiger partial charge in [0.1, 0.15) is 5.75 Å². The van der Waals surface area contributed by atoms with Crippen molar-refractivity contribution in [1.82, 2.24) is 15.6 Å². The highest BCUT2D eigenvalue weighted by molar-refractivity contribution is 5.85. The molecule has 0 saturated heterocycles. The molecule has 6 heteroatoms. The molecule has 1 fully saturated rings. The smallest absolute Gasteiger partial charge is 0.123 e. The molecule has 28 heavy (non-hydrogen) atoms. The van der Waals surface area contributed by atoms with Crippen LogP contribution in [0.15, 0.2) is 30.3 Å². The Kier molecular flexibility index (Phi) is 10.3. The largest absolute Gasteiger partial charge is 0.496 e. The Morgan fingerprint density at radius 1 is 0.929 bits per heavy atom. The Balaban J connectivity index is 0.00000196. The number of hydrogen-bond acceptors (Lipinski definition) is 4. The molecule has 1 heterocycles. The van der Waals surface area contributed by atoms with E-state index >= 15 is 0 Å². The van der Waals surface area contributed by atoms with Gasteiger partial charge in [0, 0.05) is 35.6 Å². The zero-order chi connectivity index (χ0) is 18.5. The van der Waals surface area contributed by atoms with E-state index in [-0.39, 0.29) is 24.8 Å². The number of nitrogens with one attached hydrogen (secondary N) is 2. The normalized spacial score (nSPS) is 18.7. The molecular formula is C22H33Cl2N3O. The first-order chi connectivity index (χ1) is 12.6. The van der Waals surface area contributed by atoms with Gasteiger partial charge in [0.2, 0.25) is 0 Å². The molecule has 0 aliphatic heterocycles. The van der Waals surface area contributed by atoms with Crippen molar-refractivity contribution in [2.45, 2.75) is 58.2 Å². The lowest BCUT2D eigenvalue weighted by molar-refractivity contribution is 0.315. The number of aromatic nitrogens is 1. The Morgan fingerprint density at radius 3 is 2.11 bits per heavy atom. The van der Waals surface area contributed by atoms with Crippen LogP contribution in [0.2, 0.25) is 0 Å². The number of hydrogen-bond donors (Lipinski definition) is 2. The van der Waals surface area contributed by atoms with Gasteiger partial charge < -0.3 is 15.4 Å². The van der Waals surface area contributed by atoms with Crippen LogP contribution in [0.3, 0.4) is 0 Å². The number of nitrogens with zero attached hydrogens (tertiary/aromatic N) is 1. The maximum atomic E-state index is 5.60. The molecule has 4 nitrogen and oxygen atoms in total. The predicted molar refractivity (Wildman–Crippen MR) is 122 cm³/mol. The molecule has 0 amide bonds. The minimum Gasteiger partial charge on any atom is -0.496 e. The van der Waals surface area contributed by atoms with Crippen LogP contribution in [-0.2, 0) is 6.54 Å². The molecule has 2 N–H and O–H groups in total. The minimum atomic E-state index is 0. The quantitative estimate of drug-likeness (QED) is 0.694. The number of aryl methyl sites for hydroxylation is 2. The van der Waals surface area contributed by atoms with Gasteiger partial charge in [0.15, 0.2) is 0 Å². The SMILES string of the molecule is CNC1CCC(NCc2cc(-c3cc(C)nc(C)c3)ccc2OC)CC1.Cl.Cl. The molecule has 0 spiro atoms. The van der Waals surface area contributed by atoms with E-state index in [2.05, 4.69) is 53.0 Å². The number of halogens is 2. The molecule has 156 valence electrons. The van der Waals surface area contributed by atoms with Gasteiger partial charge in [-0.1, -0.05) is 6.07 Å². The van der Waals surface area contributed by atoms with Crippen molar-refractivity contribution in [1.29, 1.82) is 0 Å². The first-order valence-electron chi connectivity index (χ1n) is 9.62. The summed E-state index contributed by atoms with van der Waals surface area (Å²) in [6.07, 6.45) is 4.97. The maximum absolute atomic E-state index is 5.60. The molecular weight excluding hydrogens is 393 g/mol. The standard InChI is InChI=1S/C22H31N3O.2ClH/c1-15-11-18(12-16(2)25-15)17-5-10-22(26-4)19(13-17)14-24-21-8-6-20(23-3)7-9-21;;/h5,10-13,20-21,23-24H,6-9,14H2,1-4H3;2*1H. The summed E-state index contributed by atoms with van der Waals surface area (Å²) >= 11 is 0. The molecule has 0 bridgehead atoms. The van der Waals surface area contributed by atoms with Crippen molar-refractivity contribution >= 4 is 24.8 Å². The first-order valence-corrected chi connectivity index (χ1v) is 9.62. The molecule has 0 atom stereocenters. The summed E-state index contributed by atoms with van der Waals surface area (Å²) in [5.74, 6) is 0.952. The monoisotopic (exact) mass is 425 g/mol. The lowest BCUT2D eigenvalue weighted by Crippen LogP contribution is -2.38. The highest BCUT2D eigenvalue weighted by Gasteiger charge is 2.19.